The minimum absolute atomic E-state index is 0.241. The Morgan fingerprint density at radius 1 is 1.44 bits per heavy atom. The molecule has 0 radical (unpaired) electrons. The second-order valence-electron chi connectivity index (χ2n) is 4.19. The van der Waals surface area contributed by atoms with Crippen LogP contribution in [-0.4, -0.2) is 19.6 Å². The maximum atomic E-state index is 11.3. The molecule has 1 rings (SSSR count). The Kier molecular flexibility index (Phi) is 6.15. The molecule has 0 aliphatic carbocycles. The van der Waals surface area contributed by atoms with Gasteiger partial charge in [-0.25, -0.2) is 4.79 Å². The van der Waals surface area contributed by atoms with Crippen LogP contribution in [-0.2, 0) is 16.1 Å². The predicted molar refractivity (Wildman–Crippen MR) is 73.3 cm³/mol. The fraction of sp³-hybridized carbons (Fsp3) is 0.400. The van der Waals surface area contributed by atoms with Gasteiger partial charge >= 0.3 is 5.97 Å². The molecule has 0 heterocycles. The van der Waals surface area contributed by atoms with Crippen molar-refractivity contribution in [2.45, 2.75) is 26.8 Å². The Labute approximate surface area is 109 Å². The SMILES string of the molecule is CC/C(=C/CNCc1cccc(C)c1)C(=O)OC. The number of aryl methyl sites for hydroxylation is 1. The van der Waals surface area contributed by atoms with E-state index < -0.39 is 0 Å². The van der Waals surface area contributed by atoms with E-state index in [1.807, 2.05) is 19.1 Å². The molecule has 0 saturated heterocycles. The Morgan fingerprint density at radius 3 is 2.83 bits per heavy atom. The van der Waals surface area contributed by atoms with Gasteiger partial charge in [-0.15, -0.1) is 0 Å². The van der Waals surface area contributed by atoms with Gasteiger partial charge in [0.1, 0.15) is 0 Å². The van der Waals surface area contributed by atoms with Gasteiger partial charge in [0.2, 0.25) is 0 Å². The molecule has 0 aromatic heterocycles. The number of carbonyl (C=O) groups excluding carboxylic acids is 1. The third kappa shape index (κ3) is 4.72. The van der Waals surface area contributed by atoms with Crippen LogP contribution in [0.2, 0.25) is 0 Å². The number of esters is 1. The van der Waals surface area contributed by atoms with Crippen molar-refractivity contribution < 1.29 is 9.53 Å². The highest BCUT2D eigenvalue weighted by atomic mass is 16.5. The zero-order valence-corrected chi connectivity index (χ0v) is 11.3. The number of ether oxygens (including phenoxy) is 1. The maximum absolute atomic E-state index is 11.3. The number of benzene rings is 1. The molecule has 1 aromatic rings. The monoisotopic (exact) mass is 247 g/mol. The first-order valence-corrected chi connectivity index (χ1v) is 6.21. The van der Waals surface area contributed by atoms with E-state index in [4.69, 9.17) is 4.74 Å². The number of hydrogen-bond acceptors (Lipinski definition) is 3. The average Bonchev–Trinajstić information content (AvgIpc) is 2.38. The summed E-state index contributed by atoms with van der Waals surface area (Å²) in [5, 5.41) is 3.29. The first kappa shape index (κ1) is 14.5. The van der Waals surface area contributed by atoms with Crippen molar-refractivity contribution in [3.63, 3.8) is 0 Å². The molecule has 0 bridgehead atoms. The van der Waals surface area contributed by atoms with Crippen molar-refractivity contribution in [1.82, 2.24) is 5.32 Å². The van der Waals surface area contributed by atoms with E-state index >= 15 is 0 Å². The molecular weight excluding hydrogens is 226 g/mol. The summed E-state index contributed by atoms with van der Waals surface area (Å²) in [6.07, 6.45) is 2.58. The third-order valence-corrected chi connectivity index (χ3v) is 2.73. The first-order valence-electron chi connectivity index (χ1n) is 6.21. The largest absolute Gasteiger partial charge is 0.466 e. The normalized spacial score (nSPS) is 11.4. The molecular formula is C15H21NO2. The Hall–Kier alpha value is -1.61. The molecule has 1 aromatic carbocycles. The van der Waals surface area contributed by atoms with Crippen LogP contribution in [0, 0.1) is 6.92 Å². The highest BCUT2D eigenvalue weighted by Crippen LogP contribution is 2.04. The number of hydrogen-bond donors (Lipinski definition) is 1. The van der Waals surface area contributed by atoms with E-state index in [1.165, 1.54) is 18.2 Å². The van der Waals surface area contributed by atoms with Gasteiger partial charge in [0.25, 0.3) is 0 Å². The number of rotatable bonds is 6. The van der Waals surface area contributed by atoms with E-state index in [0.717, 1.165) is 6.54 Å². The first-order chi connectivity index (χ1) is 8.67. The molecule has 0 saturated carbocycles. The summed E-state index contributed by atoms with van der Waals surface area (Å²) in [5.74, 6) is -0.241. The Balaban J connectivity index is 2.42. The van der Waals surface area contributed by atoms with Gasteiger partial charge < -0.3 is 10.1 Å². The maximum Gasteiger partial charge on any atom is 0.333 e. The molecule has 0 fully saturated rings. The zero-order valence-electron chi connectivity index (χ0n) is 11.3. The van der Waals surface area contributed by atoms with Crippen LogP contribution >= 0.6 is 0 Å². The second kappa shape index (κ2) is 7.67. The van der Waals surface area contributed by atoms with Crippen molar-refractivity contribution in [1.29, 1.82) is 0 Å². The molecule has 18 heavy (non-hydrogen) atoms. The van der Waals surface area contributed by atoms with Crippen molar-refractivity contribution in [2.24, 2.45) is 0 Å². The van der Waals surface area contributed by atoms with Crippen molar-refractivity contribution in [2.75, 3.05) is 13.7 Å². The van der Waals surface area contributed by atoms with Crippen LogP contribution in [0.15, 0.2) is 35.9 Å². The minimum Gasteiger partial charge on any atom is -0.466 e. The summed E-state index contributed by atoms with van der Waals surface area (Å²) in [6, 6.07) is 8.37. The summed E-state index contributed by atoms with van der Waals surface area (Å²) < 4.78 is 4.70. The van der Waals surface area contributed by atoms with E-state index in [2.05, 4.69) is 30.4 Å². The highest BCUT2D eigenvalue weighted by molar-refractivity contribution is 5.88. The third-order valence-electron chi connectivity index (χ3n) is 2.73. The molecule has 3 nitrogen and oxygen atoms in total. The van der Waals surface area contributed by atoms with Crippen LogP contribution in [0.1, 0.15) is 24.5 Å². The number of methoxy groups -OCH3 is 1. The van der Waals surface area contributed by atoms with E-state index in [0.29, 0.717) is 18.5 Å². The predicted octanol–water partition coefficient (Wildman–Crippen LogP) is 2.59. The molecule has 0 unspecified atom stereocenters. The number of nitrogens with one attached hydrogen (secondary N) is 1. The van der Waals surface area contributed by atoms with Gasteiger partial charge in [0.05, 0.1) is 7.11 Å². The fourth-order valence-corrected chi connectivity index (χ4v) is 1.74. The smallest absolute Gasteiger partial charge is 0.333 e. The molecule has 3 heteroatoms. The van der Waals surface area contributed by atoms with Crippen LogP contribution in [0.25, 0.3) is 0 Å². The Bertz CT molecular complexity index is 424. The summed E-state index contributed by atoms with van der Waals surface area (Å²) in [7, 11) is 1.41. The second-order valence-corrected chi connectivity index (χ2v) is 4.19. The highest BCUT2D eigenvalue weighted by Gasteiger charge is 2.05. The summed E-state index contributed by atoms with van der Waals surface area (Å²) in [5.41, 5.74) is 3.22. The van der Waals surface area contributed by atoms with Gasteiger partial charge in [-0.2, -0.15) is 0 Å². The molecule has 0 atom stereocenters. The molecule has 0 aliphatic rings. The lowest BCUT2D eigenvalue weighted by Crippen LogP contribution is -2.15. The minimum atomic E-state index is -0.241. The molecule has 0 amide bonds. The van der Waals surface area contributed by atoms with Crippen molar-refractivity contribution >= 4 is 5.97 Å². The topological polar surface area (TPSA) is 38.3 Å². The fourth-order valence-electron chi connectivity index (χ4n) is 1.74. The lowest BCUT2D eigenvalue weighted by atomic mass is 10.1. The molecule has 1 N–H and O–H groups in total. The van der Waals surface area contributed by atoms with Crippen molar-refractivity contribution in [3.8, 4) is 0 Å². The standard InChI is InChI=1S/C15H21NO2/c1-4-14(15(17)18-3)8-9-16-11-13-7-5-6-12(2)10-13/h5-8,10,16H,4,9,11H2,1-3H3/b14-8-. The van der Waals surface area contributed by atoms with Gasteiger partial charge in [-0.3, -0.25) is 0 Å². The van der Waals surface area contributed by atoms with Gasteiger partial charge in [-0.1, -0.05) is 42.8 Å². The van der Waals surface area contributed by atoms with E-state index in [-0.39, 0.29) is 5.97 Å². The summed E-state index contributed by atoms with van der Waals surface area (Å²) in [6.45, 7) is 5.50. The average molecular weight is 247 g/mol. The van der Waals surface area contributed by atoms with Crippen LogP contribution in [0.4, 0.5) is 0 Å². The quantitative estimate of drug-likeness (QED) is 0.477. The van der Waals surface area contributed by atoms with E-state index in [9.17, 15) is 4.79 Å². The lowest BCUT2D eigenvalue weighted by Gasteiger charge is -2.05. The van der Waals surface area contributed by atoms with Crippen molar-refractivity contribution in [3.05, 3.63) is 47.0 Å². The molecule has 0 spiro atoms. The summed E-state index contributed by atoms with van der Waals surface area (Å²) in [4.78, 5) is 11.3. The molecule has 98 valence electrons. The van der Waals surface area contributed by atoms with Crippen LogP contribution in [0.5, 0.6) is 0 Å². The zero-order chi connectivity index (χ0) is 13.4. The van der Waals surface area contributed by atoms with Gasteiger partial charge in [0.15, 0.2) is 0 Å². The van der Waals surface area contributed by atoms with Crippen LogP contribution < -0.4 is 5.32 Å². The molecule has 0 aliphatic heterocycles. The summed E-state index contributed by atoms with van der Waals surface area (Å²) >= 11 is 0. The Morgan fingerprint density at radius 2 is 2.22 bits per heavy atom. The van der Waals surface area contributed by atoms with Gasteiger partial charge in [-0.05, 0) is 18.9 Å². The van der Waals surface area contributed by atoms with Crippen LogP contribution in [0.3, 0.4) is 0 Å². The van der Waals surface area contributed by atoms with Gasteiger partial charge in [0, 0.05) is 18.7 Å². The lowest BCUT2D eigenvalue weighted by molar-refractivity contribution is -0.136. The van der Waals surface area contributed by atoms with E-state index in [1.54, 1.807) is 0 Å². The number of carbonyl (C=O) groups is 1.